The van der Waals surface area contributed by atoms with Crippen molar-refractivity contribution in [3.8, 4) is 6.07 Å². The normalized spacial score (nSPS) is 13.7. The van der Waals surface area contributed by atoms with Crippen LogP contribution in [0.15, 0.2) is 30.3 Å². The molecule has 1 aromatic carbocycles. The lowest BCUT2D eigenvalue weighted by molar-refractivity contribution is 0.354. The maximum absolute atomic E-state index is 9.84. The quantitative estimate of drug-likeness (QED) is 0.917. The lowest BCUT2D eigenvalue weighted by atomic mass is 9.91. The third-order valence-corrected chi connectivity index (χ3v) is 4.07. The van der Waals surface area contributed by atoms with Crippen molar-refractivity contribution in [2.24, 2.45) is 0 Å². The van der Waals surface area contributed by atoms with Crippen molar-refractivity contribution in [2.45, 2.75) is 39.8 Å². The van der Waals surface area contributed by atoms with Gasteiger partial charge in [0, 0.05) is 5.69 Å². The Bertz CT molecular complexity index is 651. The van der Waals surface area contributed by atoms with Crippen molar-refractivity contribution in [3.05, 3.63) is 52.8 Å². The molecular formula is C17H22N4. The number of nitrogens with zero attached hydrogens (tertiary/aromatic N) is 3. The van der Waals surface area contributed by atoms with Crippen molar-refractivity contribution in [1.29, 1.82) is 5.26 Å². The van der Waals surface area contributed by atoms with E-state index in [-0.39, 0.29) is 0 Å². The molecule has 0 aliphatic carbocycles. The summed E-state index contributed by atoms with van der Waals surface area (Å²) in [5.41, 5.74) is 3.53. The molecule has 2 rings (SSSR count). The van der Waals surface area contributed by atoms with Gasteiger partial charge in [-0.1, -0.05) is 37.3 Å². The minimum atomic E-state index is -0.758. The molecular weight excluding hydrogens is 260 g/mol. The van der Waals surface area contributed by atoms with E-state index in [0.29, 0.717) is 6.54 Å². The van der Waals surface area contributed by atoms with Crippen LogP contribution >= 0.6 is 0 Å². The molecule has 0 saturated carbocycles. The van der Waals surface area contributed by atoms with Crippen LogP contribution in [0.5, 0.6) is 0 Å². The van der Waals surface area contributed by atoms with Gasteiger partial charge >= 0.3 is 0 Å². The second kappa shape index (κ2) is 6.11. The highest BCUT2D eigenvalue weighted by Gasteiger charge is 2.33. The summed E-state index contributed by atoms with van der Waals surface area (Å²) >= 11 is 0. The Morgan fingerprint density at radius 1 is 1.24 bits per heavy atom. The predicted octanol–water partition coefficient (Wildman–Crippen LogP) is 2.84. The highest BCUT2D eigenvalue weighted by atomic mass is 15.3. The number of benzene rings is 1. The predicted molar refractivity (Wildman–Crippen MR) is 83.8 cm³/mol. The Hall–Kier alpha value is -2.12. The summed E-state index contributed by atoms with van der Waals surface area (Å²) in [6, 6.07) is 12.3. The smallest absolute Gasteiger partial charge is 0.152 e. The van der Waals surface area contributed by atoms with E-state index in [1.807, 2.05) is 48.9 Å². The van der Waals surface area contributed by atoms with Gasteiger partial charge in [-0.2, -0.15) is 10.4 Å². The summed E-state index contributed by atoms with van der Waals surface area (Å²) in [5, 5.41) is 17.8. The number of aromatic nitrogens is 2. The lowest BCUT2D eigenvalue weighted by Crippen LogP contribution is -2.45. The van der Waals surface area contributed by atoms with Gasteiger partial charge in [-0.25, -0.2) is 0 Å². The molecule has 0 aliphatic rings. The molecule has 0 radical (unpaired) electrons. The lowest BCUT2D eigenvalue weighted by Gasteiger charge is -2.28. The molecule has 21 heavy (non-hydrogen) atoms. The number of nitrogens with one attached hydrogen (secondary N) is 1. The zero-order valence-electron chi connectivity index (χ0n) is 13.1. The zero-order valence-corrected chi connectivity index (χ0v) is 13.1. The Morgan fingerprint density at radius 2 is 1.90 bits per heavy atom. The van der Waals surface area contributed by atoms with Crippen LogP contribution in [0.3, 0.4) is 0 Å². The zero-order chi connectivity index (χ0) is 15.5. The first kappa shape index (κ1) is 15.3. The molecule has 2 aromatic rings. The van der Waals surface area contributed by atoms with Crippen LogP contribution in [0.1, 0.15) is 29.4 Å². The largest absolute Gasteiger partial charge is 0.294 e. The Kier molecular flexibility index (Phi) is 4.44. The number of nitriles is 1. The van der Waals surface area contributed by atoms with Gasteiger partial charge in [-0.05, 0) is 38.4 Å². The van der Waals surface area contributed by atoms with Gasteiger partial charge in [-0.3, -0.25) is 10.00 Å². The molecule has 110 valence electrons. The maximum Gasteiger partial charge on any atom is 0.152 e. The summed E-state index contributed by atoms with van der Waals surface area (Å²) in [7, 11) is 0. The third-order valence-electron chi connectivity index (χ3n) is 4.07. The van der Waals surface area contributed by atoms with Crippen LogP contribution in [0.25, 0.3) is 0 Å². The molecule has 4 nitrogen and oxygen atoms in total. The second-order valence-electron chi connectivity index (χ2n) is 5.37. The van der Waals surface area contributed by atoms with Gasteiger partial charge in [-0.15, -0.1) is 0 Å². The second-order valence-corrected chi connectivity index (χ2v) is 5.37. The van der Waals surface area contributed by atoms with Crippen LogP contribution < -0.4 is 5.32 Å². The molecule has 1 N–H and O–H groups in total. The fourth-order valence-corrected chi connectivity index (χ4v) is 2.58. The number of aryl methyl sites for hydroxylation is 1. The molecule has 0 spiro atoms. The molecule has 1 unspecified atom stereocenters. The fraction of sp³-hybridized carbons (Fsp3) is 0.412. The summed E-state index contributed by atoms with van der Waals surface area (Å²) in [6.07, 6.45) is 0. The van der Waals surface area contributed by atoms with E-state index >= 15 is 0 Å². The number of hydrogen-bond donors (Lipinski definition) is 1. The number of likely N-dealkylation sites (N-methyl/N-ethyl adjacent to an activating group) is 1. The first-order chi connectivity index (χ1) is 10.0. The van der Waals surface area contributed by atoms with Gasteiger partial charge in [0.2, 0.25) is 0 Å². The van der Waals surface area contributed by atoms with Crippen molar-refractivity contribution in [1.82, 2.24) is 15.1 Å². The van der Waals surface area contributed by atoms with Gasteiger partial charge in [0.05, 0.1) is 18.3 Å². The first-order valence-corrected chi connectivity index (χ1v) is 7.26. The minimum absolute atomic E-state index is 0.502. The average molecular weight is 282 g/mol. The molecule has 0 saturated heterocycles. The van der Waals surface area contributed by atoms with Crippen LogP contribution in [0, 0.1) is 32.1 Å². The molecule has 0 bridgehead atoms. The highest BCUT2D eigenvalue weighted by Crippen LogP contribution is 2.24. The van der Waals surface area contributed by atoms with Gasteiger partial charge in [0.1, 0.15) is 0 Å². The SMILES string of the molecule is CCNC(C#N)(Cn1nc(C)c(C)c1C)c1ccccc1. The average Bonchev–Trinajstić information content (AvgIpc) is 2.75. The maximum atomic E-state index is 9.84. The fourth-order valence-electron chi connectivity index (χ4n) is 2.58. The van der Waals surface area contributed by atoms with E-state index in [0.717, 1.165) is 23.5 Å². The monoisotopic (exact) mass is 282 g/mol. The molecule has 0 amide bonds. The third kappa shape index (κ3) is 2.84. The van der Waals surface area contributed by atoms with Crippen LogP contribution in [-0.2, 0) is 12.1 Å². The molecule has 1 atom stereocenters. The van der Waals surface area contributed by atoms with E-state index in [2.05, 4.69) is 30.3 Å². The first-order valence-electron chi connectivity index (χ1n) is 7.26. The van der Waals surface area contributed by atoms with Crippen molar-refractivity contribution in [3.63, 3.8) is 0 Å². The Morgan fingerprint density at radius 3 is 2.38 bits per heavy atom. The highest BCUT2D eigenvalue weighted by molar-refractivity contribution is 5.32. The molecule has 4 heteroatoms. The van der Waals surface area contributed by atoms with E-state index in [1.54, 1.807) is 0 Å². The van der Waals surface area contributed by atoms with Crippen molar-refractivity contribution in [2.75, 3.05) is 6.54 Å². The standard InChI is InChI=1S/C17H22N4/c1-5-19-17(11-18,16-9-7-6-8-10-16)12-21-15(4)13(2)14(3)20-21/h6-10,19H,5,12H2,1-4H3. The molecule has 1 aromatic heterocycles. The minimum Gasteiger partial charge on any atom is -0.294 e. The topological polar surface area (TPSA) is 53.6 Å². The summed E-state index contributed by atoms with van der Waals surface area (Å²) in [5.74, 6) is 0. The van der Waals surface area contributed by atoms with Gasteiger partial charge < -0.3 is 0 Å². The molecule has 0 aliphatic heterocycles. The van der Waals surface area contributed by atoms with E-state index < -0.39 is 5.54 Å². The van der Waals surface area contributed by atoms with Crippen LogP contribution in [-0.4, -0.2) is 16.3 Å². The van der Waals surface area contributed by atoms with Crippen LogP contribution in [0.4, 0.5) is 0 Å². The molecule has 1 heterocycles. The number of rotatable bonds is 5. The number of hydrogen-bond acceptors (Lipinski definition) is 3. The van der Waals surface area contributed by atoms with E-state index in [9.17, 15) is 5.26 Å². The Labute approximate surface area is 126 Å². The van der Waals surface area contributed by atoms with Gasteiger partial charge in [0.15, 0.2) is 5.54 Å². The van der Waals surface area contributed by atoms with Crippen LogP contribution in [0.2, 0.25) is 0 Å². The van der Waals surface area contributed by atoms with Crippen molar-refractivity contribution >= 4 is 0 Å². The molecule has 0 fully saturated rings. The van der Waals surface area contributed by atoms with E-state index in [4.69, 9.17) is 0 Å². The Balaban J connectivity index is 2.46. The summed E-state index contributed by atoms with van der Waals surface area (Å²) in [6.45, 7) is 9.36. The summed E-state index contributed by atoms with van der Waals surface area (Å²) < 4.78 is 1.93. The van der Waals surface area contributed by atoms with Gasteiger partial charge in [0.25, 0.3) is 0 Å². The summed E-state index contributed by atoms with van der Waals surface area (Å²) in [4.78, 5) is 0. The van der Waals surface area contributed by atoms with E-state index in [1.165, 1.54) is 5.56 Å². The van der Waals surface area contributed by atoms with Crippen molar-refractivity contribution < 1.29 is 0 Å².